The molecule has 1 aliphatic rings. The van der Waals surface area contributed by atoms with Crippen LogP contribution in [0.5, 0.6) is 0 Å². The average Bonchev–Trinajstić information content (AvgIpc) is 2.24. The van der Waals surface area contributed by atoms with E-state index in [-0.39, 0.29) is 5.92 Å². The van der Waals surface area contributed by atoms with Gasteiger partial charge in [-0.15, -0.1) is 0 Å². The van der Waals surface area contributed by atoms with Crippen molar-refractivity contribution in [1.29, 1.82) is 0 Å². The van der Waals surface area contributed by atoms with Crippen LogP contribution in [-0.2, 0) is 4.74 Å². The molecule has 1 fully saturated rings. The molecule has 0 aromatic heterocycles. The first-order valence-electron chi connectivity index (χ1n) is 5.91. The Morgan fingerprint density at radius 2 is 2.19 bits per heavy atom. The Kier molecular flexibility index (Phi) is 5.55. The molecule has 0 saturated carbocycles. The molecule has 96 valence electrons. The fraction of sp³-hybridized carbons (Fsp3) is 1.00. The van der Waals surface area contributed by atoms with Gasteiger partial charge in [0.05, 0.1) is 13.0 Å². The van der Waals surface area contributed by atoms with Gasteiger partial charge in [-0.1, -0.05) is 6.92 Å². The predicted octanol–water partition coefficient (Wildman–Crippen LogP) is 2.73. The summed E-state index contributed by atoms with van der Waals surface area (Å²) in [6.07, 6.45) is -2.30. The van der Waals surface area contributed by atoms with Gasteiger partial charge >= 0.3 is 6.18 Å². The smallest absolute Gasteiger partial charge is 0.381 e. The molecule has 0 spiro atoms. The second-order valence-electron chi connectivity index (χ2n) is 4.36. The lowest BCUT2D eigenvalue weighted by atomic mass is 9.91. The molecule has 1 heterocycles. The van der Waals surface area contributed by atoms with Gasteiger partial charge in [-0.05, 0) is 31.7 Å². The van der Waals surface area contributed by atoms with Crippen LogP contribution >= 0.6 is 0 Å². The fourth-order valence-electron chi connectivity index (χ4n) is 2.07. The Hall–Kier alpha value is -0.290. The zero-order valence-corrected chi connectivity index (χ0v) is 9.65. The minimum atomic E-state index is -4.09. The van der Waals surface area contributed by atoms with Crippen molar-refractivity contribution in [3.8, 4) is 0 Å². The molecule has 0 aliphatic carbocycles. The van der Waals surface area contributed by atoms with Crippen molar-refractivity contribution in [1.82, 2.24) is 5.32 Å². The lowest BCUT2D eigenvalue weighted by Gasteiger charge is -2.31. The van der Waals surface area contributed by atoms with E-state index in [1.165, 1.54) is 0 Å². The van der Waals surface area contributed by atoms with Crippen LogP contribution in [-0.4, -0.2) is 32.0 Å². The number of ether oxygens (including phenoxy) is 1. The van der Waals surface area contributed by atoms with Crippen LogP contribution < -0.4 is 5.32 Å². The number of hydrogen-bond donors (Lipinski definition) is 1. The zero-order valence-electron chi connectivity index (χ0n) is 9.65. The SMILES string of the molecule is CCCNC(CC(F)(F)F)C1CCCOC1. The molecule has 2 atom stereocenters. The third-order valence-electron chi connectivity index (χ3n) is 2.87. The molecule has 1 N–H and O–H groups in total. The first kappa shape index (κ1) is 13.8. The van der Waals surface area contributed by atoms with E-state index >= 15 is 0 Å². The van der Waals surface area contributed by atoms with Gasteiger partial charge in [-0.2, -0.15) is 13.2 Å². The summed E-state index contributed by atoms with van der Waals surface area (Å²) in [6.45, 7) is 3.73. The van der Waals surface area contributed by atoms with E-state index in [1.807, 2.05) is 6.92 Å². The highest BCUT2D eigenvalue weighted by Gasteiger charge is 2.35. The van der Waals surface area contributed by atoms with Crippen molar-refractivity contribution >= 4 is 0 Å². The highest BCUT2D eigenvalue weighted by molar-refractivity contribution is 4.80. The molecule has 2 unspecified atom stereocenters. The number of alkyl halides is 3. The maximum Gasteiger partial charge on any atom is 0.390 e. The molecular formula is C11H20F3NO. The third kappa shape index (κ3) is 5.16. The summed E-state index contributed by atoms with van der Waals surface area (Å²) in [5.74, 6) is 0.00178. The lowest BCUT2D eigenvalue weighted by Crippen LogP contribution is -2.43. The third-order valence-corrected chi connectivity index (χ3v) is 2.87. The molecule has 0 aromatic carbocycles. The number of halogens is 3. The van der Waals surface area contributed by atoms with Crippen LogP contribution in [0.1, 0.15) is 32.6 Å². The molecule has 0 amide bonds. The van der Waals surface area contributed by atoms with Gasteiger partial charge in [0, 0.05) is 12.6 Å². The molecule has 1 aliphatic heterocycles. The molecule has 0 radical (unpaired) electrons. The highest BCUT2D eigenvalue weighted by atomic mass is 19.4. The summed E-state index contributed by atoms with van der Waals surface area (Å²) in [5.41, 5.74) is 0. The van der Waals surface area contributed by atoms with Gasteiger partial charge in [-0.3, -0.25) is 0 Å². The van der Waals surface area contributed by atoms with Crippen molar-refractivity contribution in [3.05, 3.63) is 0 Å². The Bertz CT molecular complexity index is 190. The Balaban J connectivity index is 2.47. The van der Waals surface area contributed by atoms with Gasteiger partial charge in [0.1, 0.15) is 0 Å². The van der Waals surface area contributed by atoms with Crippen LogP contribution in [0, 0.1) is 5.92 Å². The topological polar surface area (TPSA) is 21.3 Å². The van der Waals surface area contributed by atoms with E-state index in [0.717, 1.165) is 19.3 Å². The van der Waals surface area contributed by atoms with E-state index < -0.39 is 18.6 Å². The molecule has 5 heteroatoms. The summed E-state index contributed by atoms with van der Waals surface area (Å²) in [4.78, 5) is 0. The minimum absolute atomic E-state index is 0.00178. The first-order chi connectivity index (χ1) is 7.53. The minimum Gasteiger partial charge on any atom is -0.381 e. The summed E-state index contributed by atoms with van der Waals surface area (Å²) in [7, 11) is 0. The number of nitrogens with one attached hydrogen (secondary N) is 1. The van der Waals surface area contributed by atoms with Gasteiger partial charge in [0.25, 0.3) is 0 Å². The van der Waals surface area contributed by atoms with Crippen LogP contribution in [0.4, 0.5) is 13.2 Å². The lowest BCUT2D eigenvalue weighted by molar-refractivity contribution is -0.145. The quantitative estimate of drug-likeness (QED) is 0.796. The summed E-state index contributed by atoms with van der Waals surface area (Å²) >= 11 is 0. The average molecular weight is 239 g/mol. The van der Waals surface area contributed by atoms with Crippen molar-refractivity contribution in [2.45, 2.75) is 44.8 Å². The van der Waals surface area contributed by atoms with Gasteiger partial charge in [0.15, 0.2) is 0 Å². The maximum absolute atomic E-state index is 12.4. The van der Waals surface area contributed by atoms with Crippen molar-refractivity contribution < 1.29 is 17.9 Å². The number of hydrogen-bond acceptors (Lipinski definition) is 2. The molecule has 0 aromatic rings. The van der Waals surface area contributed by atoms with Gasteiger partial charge < -0.3 is 10.1 Å². The van der Waals surface area contributed by atoms with Crippen LogP contribution in [0.3, 0.4) is 0 Å². The summed E-state index contributed by atoms with van der Waals surface area (Å²) in [6, 6.07) is -0.486. The normalized spacial score (nSPS) is 24.4. The van der Waals surface area contributed by atoms with Crippen molar-refractivity contribution in [2.24, 2.45) is 5.92 Å². The molecule has 0 bridgehead atoms. The Morgan fingerprint density at radius 1 is 1.44 bits per heavy atom. The predicted molar refractivity (Wildman–Crippen MR) is 56.3 cm³/mol. The molecule has 2 nitrogen and oxygen atoms in total. The van der Waals surface area contributed by atoms with Crippen LogP contribution in [0.15, 0.2) is 0 Å². The van der Waals surface area contributed by atoms with Gasteiger partial charge in [-0.25, -0.2) is 0 Å². The largest absolute Gasteiger partial charge is 0.390 e. The summed E-state index contributed by atoms with van der Waals surface area (Å²) in [5, 5.41) is 3.00. The maximum atomic E-state index is 12.4. The van der Waals surface area contributed by atoms with Gasteiger partial charge in [0.2, 0.25) is 0 Å². The molecule has 16 heavy (non-hydrogen) atoms. The second-order valence-corrected chi connectivity index (χ2v) is 4.36. The zero-order chi connectivity index (χ0) is 12.0. The second kappa shape index (κ2) is 6.45. The van der Waals surface area contributed by atoms with Crippen LogP contribution in [0.2, 0.25) is 0 Å². The monoisotopic (exact) mass is 239 g/mol. The van der Waals surface area contributed by atoms with E-state index in [2.05, 4.69) is 5.32 Å². The highest BCUT2D eigenvalue weighted by Crippen LogP contribution is 2.28. The van der Waals surface area contributed by atoms with E-state index in [0.29, 0.717) is 19.8 Å². The van der Waals surface area contributed by atoms with E-state index in [4.69, 9.17) is 4.74 Å². The molecular weight excluding hydrogens is 219 g/mol. The van der Waals surface area contributed by atoms with Crippen molar-refractivity contribution in [2.75, 3.05) is 19.8 Å². The number of rotatable bonds is 5. The van der Waals surface area contributed by atoms with Crippen molar-refractivity contribution in [3.63, 3.8) is 0 Å². The Labute approximate surface area is 94.5 Å². The van der Waals surface area contributed by atoms with Crippen LogP contribution in [0.25, 0.3) is 0 Å². The Morgan fingerprint density at radius 3 is 2.69 bits per heavy atom. The first-order valence-corrected chi connectivity index (χ1v) is 5.91. The van der Waals surface area contributed by atoms with E-state index in [9.17, 15) is 13.2 Å². The molecule has 1 rings (SSSR count). The molecule has 1 saturated heterocycles. The standard InChI is InChI=1S/C11H20F3NO/c1-2-5-15-10(7-11(12,13)14)9-4-3-6-16-8-9/h9-10,15H,2-8H2,1H3. The summed E-state index contributed by atoms with van der Waals surface area (Å²) < 4.78 is 42.5. The fourth-order valence-corrected chi connectivity index (χ4v) is 2.07. The van der Waals surface area contributed by atoms with E-state index in [1.54, 1.807) is 0 Å².